The molecule has 2 atom stereocenters. The summed E-state index contributed by atoms with van der Waals surface area (Å²) in [5.74, 6) is 0.387. The summed E-state index contributed by atoms with van der Waals surface area (Å²) < 4.78 is 18.7. The van der Waals surface area contributed by atoms with Crippen LogP contribution in [0.3, 0.4) is 0 Å². The van der Waals surface area contributed by atoms with Gasteiger partial charge in [0.15, 0.2) is 5.82 Å². The molecular formula is C23H34BrN5O5. The molecule has 0 N–H and O–H groups in total. The van der Waals surface area contributed by atoms with Gasteiger partial charge in [0.2, 0.25) is 0 Å². The van der Waals surface area contributed by atoms with Crippen molar-refractivity contribution in [3.8, 4) is 6.07 Å². The van der Waals surface area contributed by atoms with Gasteiger partial charge < -0.3 is 19.1 Å². The Kier molecular flexibility index (Phi) is 7.53. The fourth-order valence-corrected chi connectivity index (χ4v) is 4.43. The minimum Gasteiger partial charge on any atom is -0.444 e. The van der Waals surface area contributed by atoms with Crippen LogP contribution in [0.15, 0.2) is 4.60 Å². The lowest BCUT2D eigenvalue weighted by Gasteiger charge is -2.29. The second kappa shape index (κ2) is 9.74. The zero-order valence-electron chi connectivity index (χ0n) is 20.9. The molecule has 1 aromatic heterocycles. The monoisotopic (exact) mass is 539 g/mol. The molecule has 2 heterocycles. The zero-order valence-corrected chi connectivity index (χ0v) is 22.5. The standard InChI is InChI=1S/C23H34BrN5O5/c1-22(2,3)33-20(30)27-12-15(10-16(27)13-32-7)29-19(17(11-25)18(24)26-29)28(14-8-9-14)21(31)34-23(4,5)6/h14-16H,8-10,12-13H2,1-7H3/t15-,16+/m0/s1. The van der Waals surface area contributed by atoms with Crippen LogP contribution in [0.25, 0.3) is 0 Å². The first-order chi connectivity index (χ1) is 15.8. The molecule has 0 spiro atoms. The fraction of sp³-hybridized carbons (Fsp3) is 0.739. The Bertz CT molecular complexity index is 970. The summed E-state index contributed by atoms with van der Waals surface area (Å²) in [6, 6.07) is 1.59. The number of ether oxygens (including phenoxy) is 3. The molecule has 2 aliphatic rings. The number of hydrogen-bond acceptors (Lipinski definition) is 7. The van der Waals surface area contributed by atoms with E-state index in [9.17, 15) is 14.9 Å². The minimum absolute atomic E-state index is 0.0672. The number of methoxy groups -OCH3 is 1. The Balaban J connectivity index is 1.99. The Morgan fingerprint density at radius 1 is 1.18 bits per heavy atom. The van der Waals surface area contributed by atoms with Gasteiger partial charge >= 0.3 is 12.2 Å². The van der Waals surface area contributed by atoms with Gasteiger partial charge in [0.25, 0.3) is 0 Å². The van der Waals surface area contributed by atoms with E-state index in [2.05, 4.69) is 27.1 Å². The fourth-order valence-electron chi connectivity index (χ4n) is 4.00. The Morgan fingerprint density at radius 3 is 2.29 bits per heavy atom. The van der Waals surface area contributed by atoms with E-state index >= 15 is 0 Å². The minimum atomic E-state index is -0.691. The van der Waals surface area contributed by atoms with E-state index in [1.54, 1.807) is 42.4 Å². The van der Waals surface area contributed by atoms with Crippen molar-refractivity contribution in [1.29, 1.82) is 5.26 Å². The lowest BCUT2D eigenvalue weighted by atomic mass is 10.2. The maximum atomic E-state index is 13.2. The smallest absolute Gasteiger partial charge is 0.416 e. The third kappa shape index (κ3) is 6.02. The van der Waals surface area contributed by atoms with Crippen LogP contribution in [-0.2, 0) is 14.2 Å². The number of anilines is 1. The topological polar surface area (TPSA) is 110 Å². The highest BCUT2D eigenvalue weighted by molar-refractivity contribution is 9.10. The highest BCUT2D eigenvalue weighted by atomic mass is 79.9. The number of nitrogens with zero attached hydrogens (tertiary/aromatic N) is 5. The largest absolute Gasteiger partial charge is 0.444 e. The van der Waals surface area contributed by atoms with Crippen molar-refractivity contribution in [2.45, 2.75) is 90.1 Å². The molecule has 2 amide bonds. The highest BCUT2D eigenvalue weighted by Gasteiger charge is 2.44. The van der Waals surface area contributed by atoms with Crippen LogP contribution in [-0.4, -0.2) is 70.4 Å². The van der Waals surface area contributed by atoms with Crippen LogP contribution in [0, 0.1) is 11.3 Å². The molecule has 0 unspecified atom stereocenters. The van der Waals surface area contributed by atoms with Crippen LogP contribution in [0.5, 0.6) is 0 Å². The van der Waals surface area contributed by atoms with Crippen molar-refractivity contribution >= 4 is 33.9 Å². The summed E-state index contributed by atoms with van der Waals surface area (Å²) >= 11 is 3.39. The number of nitriles is 1. The van der Waals surface area contributed by atoms with E-state index in [1.165, 1.54) is 0 Å². The van der Waals surface area contributed by atoms with E-state index in [4.69, 9.17) is 14.2 Å². The van der Waals surface area contributed by atoms with Crippen molar-refractivity contribution in [2.24, 2.45) is 0 Å². The molecule has 10 nitrogen and oxygen atoms in total. The molecule has 0 radical (unpaired) electrons. The molecule has 34 heavy (non-hydrogen) atoms. The summed E-state index contributed by atoms with van der Waals surface area (Å²) in [6.07, 6.45) is 1.21. The van der Waals surface area contributed by atoms with Gasteiger partial charge in [0.05, 0.1) is 18.7 Å². The molecule has 1 saturated heterocycles. The lowest BCUT2D eigenvalue weighted by molar-refractivity contribution is 0.0145. The molecular weight excluding hydrogens is 506 g/mol. The van der Waals surface area contributed by atoms with Gasteiger partial charge in [-0.1, -0.05) is 0 Å². The maximum absolute atomic E-state index is 13.2. The van der Waals surface area contributed by atoms with Crippen LogP contribution in [0.4, 0.5) is 15.4 Å². The van der Waals surface area contributed by atoms with E-state index < -0.39 is 23.4 Å². The summed E-state index contributed by atoms with van der Waals surface area (Å²) in [4.78, 5) is 29.3. The van der Waals surface area contributed by atoms with Gasteiger partial charge in [-0.05, 0) is 76.7 Å². The molecule has 0 bridgehead atoms. The predicted octanol–water partition coefficient (Wildman–Crippen LogP) is 4.62. The van der Waals surface area contributed by atoms with Gasteiger partial charge in [-0.3, -0.25) is 4.90 Å². The number of amides is 2. The predicted molar refractivity (Wildman–Crippen MR) is 129 cm³/mol. The quantitative estimate of drug-likeness (QED) is 0.536. The van der Waals surface area contributed by atoms with Crippen molar-refractivity contribution in [3.63, 3.8) is 0 Å². The van der Waals surface area contributed by atoms with Crippen LogP contribution in [0.1, 0.15) is 72.4 Å². The molecule has 1 aromatic rings. The van der Waals surface area contributed by atoms with Crippen molar-refractivity contribution < 1.29 is 23.8 Å². The van der Waals surface area contributed by atoms with Crippen LogP contribution in [0.2, 0.25) is 0 Å². The van der Waals surface area contributed by atoms with E-state index in [0.717, 1.165) is 12.8 Å². The summed E-state index contributed by atoms with van der Waals surface area (Å²) in [5.41, 5.74) is -1.07. The highest BCUT2D eigenvalue weighted by Crippen LogP contribution is 2.41. The molecule has 1 aliphatic carbocycles. The summed E-state index contributed by atoms with van der Waals surface area (Å²) in [6.45, 7) is 11.5. The Morgan fingerprint density at radius 2 is 1.79 bits per heavy atom. The normalized spacial score (nSPS) is 20.7. The van der Waals surface area contributed by atoms with Crippen molar-refractivity contribution in [3.05, 3.63) is 10.2 Å². The van der Waals surface area contributed by atoms with Crippen molar-refractivity contribution in [2.75, 3.05) is 25.2 Å². The zero-order chi connectivity index (χ0) is 25.4. The molecule has 11 heteroatoms. The number of carbonyl (C=O) groups is 2. The van der Waals surface area contributed by atoms with Gasteiger partial charge in [-0.15, -0.1) is 0 Å². The average Bonchev–Trinajstić information content (AvgIpc) is 3.33. The first-order valence-electron chi connectivity index (χ1n) is 11.4. The van der Waals surface area contributed by atoms with Crippen LogP contribution < -0.4 is 4.90 Å². The second-order valence-electron chi connectivity index (χ2n) is 10.8. The van der Waals surface area contributed by atoms with E-state index in [1.807, 2.05) is 20.8 Å². The summed E-state index contributed by atoms with van der Waals surface area (Å²) in [5, 5.41) is 14.5. The number of carbonyl (C=O) groups excluding carboxylic acids is 2. The van der Waals surface area contributed by atoms with Gasteiger partial charge in [-0.2, -0.15) is 10.4 Å². The lowest BCUT2D eigenvalue weighted by Crippen LogP contribution is -2.42. The van der Waals surface area contributed by atoms with Crippen molar-refractivity contribution in [1.82, 2.24) is 14.7 Å². The van der Waals surface area contributed by atoms with Gasteiger partial charge in [0, 0.05) is 19.7 Å². The molecule has 2 fully saturated rings. The third-order valence-electron chi connectivity index (χ3n) is 5.41. The SMILES string of the molecule is COC[C@H]1C[C@H](n2nc(Br)c(C#N)c2N(C(=O)OC(C)(C)C)C2CC2)CN1C(=O)OC(C)(C)C. The number of rotatable bonds is 5. The Labute approximate surface area is 209 Å². The van der Waals surface area contributed by atoms with Crippen LogP contribution >= 0.6 is 15.9 Å². The number of halogens is 1. The third-order valence-corrected chi connectivity index (χ3v) is 5.97. The first kappa shape index (κ1) is 26.3. The molecule has 1 aliphatic heterocycles. The summed E-state index contributed by atoms with van der Waals surface area (Å²) in [7, 11) is 1.58. The number of aromatic nitrogens is 2. The van der Waals surface area contributed by atoms with E-state index in [-0.39, 0.29) is 23.7 Å². The van der Waals surface area contributed by atoms with E-state index in [0.29, 0.717) is 30.0 Å². The molecule has 0 aromatic carbocycles. The molecule has 3 rings (SSSR count). The van der Waals surface area contributed by atoms with Gasteiger partial charge in [0.1, 0.15) is 27.4 Å². The first-order valence-corrected chi connectivity index (χ1v) is 12.2. The van der Waals surface area contributed by atoms with Gasteiger partial charge in [-0.25, -0.2) is 14.3 Å². The molecule has 1 saturated carbocycles. The maximum Gasteiger partial charge on any atom is 0.416 e. The number of likely N-dealkylation sites (tertiary alicyclic amines) is 1. The molecule has 188 valence electrons. The average molecular weight is 540 g/mol. The number of hydrogen-bond donors (Lipinski definition) is 0. The Hall–Kier alpha value is -2.32. The second-order valence-corrected chi connectivity index (χ2v) is 11.5.